The lowest BCUT2D eigenvalue weighted by Crippen LogP contribution is -2.34. The molecule has 2 rings (SSSR count). The zero-order valence-corrected chi connectivity index (χ0v) is 16.4. The Morgan fingerprint density at radius 1 is 1.10 bits per heavy atom. The molecule has 0 unspecified atom stereocenters. The lowest BCUT2D eigenvalue weighted by Gasteiger charge is -2.07. The maximum Gasteiger partial charge on any atom is 0.259 e. The number of nitrogens with one attached hydrogen (secondary N) is 2. The van der Waals surface area contributed by atoms with Crippen LogP contribution >= 0.6 is 0 Å². The summed E-state index contributed by atoms with van der Waals surface area (Å²) in [6, 6.07) is 14.0. The molecule has 0 aliphatic rings. The van der Waals surface area contributed by atoms with Crippen molar-refractivity contribution in [1.82, 2.24) is 10.7 Å². The van der Waals surface area contributed by atoms with Gasteiger partial charge in [-0.2, -0.15) is 5.10 Å². The maximum absolute atomic E-state index is 12.1. The molecule has 0 saturated heterocycles. The number of carbonyl (C=O) groups excluding carboxylic acids is 2. The summed E-state index contributed by atoms with van der Waals surface area (Å²) in [6.07, 6.45) is 4.06. The molecule has 7 heteroatoms. The lowest BCUT2D eigenvalue weighted by atomic mass is 10.2. The minimum atomic E-state index is -0.434. The fraction of sp³-hybridized carbons (Fsp3) is 0.227. The molecule has 152 valence electrons. The van der Waals surface area contributed by atoms with E-state index in [2.05, 4.69) is 22.4 Å². The van der Waals surface area contributed by atoms with Crippen molar-refractivity contribution in [1.29, 1.82) is 0 Å². The van der Waals surface area contributed by atoms with Crippen molar-refractivity contribution in [3.63, 3.8) is 0 Å². The van der Waals surface area contributed by atoms with Crippen LogP contribution < -0.4 is 20.2 Å². The number of nitrogens with zero attached hydrogens (tertiary/aromatic N) is 1. The summed E-state index contributed by atoms with van der Waals surface area (Å²) >= 11 is 0. The molecular weight excluding hydrogens is 370 g/mol. The standard InChI is InChI=1S/C22H25N3O4/c1-3-12-28-19-10-8-18(9-11-19)22(27)23-16-21(26)25-24-15-17-6-5-7-20(14-17)29-13-4-2/h4-11,14-15H,2-3,12-13,16H2,1H3,(H,23,27)(H,25,26)/b24-15-. The number of carbonyl (C=O) groups is 2. The summed E-state index contributed by atoms with van der Waals surface area (Å²) in [6.45, 7) is 6.46. The van der Waals surface area contributed by atoms with Crippen LogP contribution in [-0.4, -0.2) is 37.8 Å². The van der Waals surface area contributed by atoms with Crippen LogP contribution in [0.25, 0.3) is 0 Å². The van der Waals surface area contributed by atoms with Crippen molar-refractivity contribution >= 4 is 18.0 Å². The first kappa shape index (κ1) is 21.7. The first-order valence-corrected chi connectivity index (χ1v) is 9.29. The van der Waals surface area contributed by atoms with Gasteiger partial charge in [-0.15, -0.1) is 0 Å². The van der Waals surface area contributed by atoms with Gasteiger partial charge in [-0.1, -0.05) is 31.7 Å². The molecule has 29 heavy (non-hydrogen) atoms. The van der Waals surface area contributed by atoms with Crippen molar-refractivity contribution in [3.05, 3.63) is 72.3 Å². The highest BCUT2D eigenvalue weighted by Crippen LogP contribution is 2.13. The highest BCUT2D eigenvalue weighted by atomic mass is 16.5. The predicted octanol–water partition coefficient (Wildman–Crippen LogP) is 2.92. The molecule has 0 aliphatic carbocycles. The Bertz CT molecular complexity index is 847. The Labute approximate surface area is 170 Å². The number of hydrogen-bond donors (Lipinski definition) is 2. The van der Waals surface area contributed by atoms with Crippen LogP contribution in [0.5, 0.6) is 11.5 Å². The van der Waals surface area contributed by atoms with E-state index in [1.165, 1.54) is 6.21 Å². The zero-order chi connectivity index (χ0) is 20.9. The number of hydrazone groups is 1. The Morgan fingerprint density at radius 3 is 2.62 bits per heavy atom. The number of hydrogen-bond acceptors (Lipinski definition) is 5. The highest BCUT2D eigenvalue weighted by Gasteiger charge is 2.08. The topological polar surface area (TPSA) is 89.0 Å². The van der Waals surface area contributed by atoms with Gasteiger partial charge in [0, 0.05) is 5.56 Å². The van der Waals surface area contributed by atoms with Gasteiger partial charge < -0.3 is 14.8 Å². The fourth-order valence-corrected chi connectivity index (χ4v) is 2.24. The summed E-state index contributed by atoms with van der Waals surface area (Å²) in [4.78, 5) is 24.0. The Balaban J connectivity index is 1.77. The van der Waals surface area contributed by atoms with Crippen molar-refractivity contribution in [3.8, 4) is 11.5 Å². The molecule has 0 spiro atoms. The van der Waals surface area contributed by atoms with Gasteiger partial charge in [-0.05, 0) is 48.4 Å². The van der Waals surface area contributed by atoms with E-state index in [1.807, 2.05) is 25.1 Å². The van der Waals surface area contributed by atoms with E-state index in [4.69, 9.17) is 9.47 Å². The van der Waals surface area contributed by atoms with Crippen LogP contribution in [-0.2, 0) is 4.79 Å². The van der Waals surface area contributed by atoms with Crippen molar-refractivity contribution in [2.24, 2.45) is 5.10 Å². The van der Waals surface area contributed by atoms with Gasteiger partial charge >= 0.3 is 0 Å². The van der Waals surface area contributed by atoms with Crippen LogP contribution in [0.3, 0.4) is 0 Å². The second-order valence-corrected chi connectivity index (χ2v) is 6.02. The van der Waals surface area contributed by atoms with E-state index in [-0.39, 0.29) is 12.5 Å². The fourth-order valence-electron chi connectivity index (χ4n) is 2.24. The van der Waals surface area contributed by atoms with E-state index < -0.39 is 5.91 Å². The van der Waals surface area contributed by atoms with E-state index in [9.17, 15) is 9.59 Å². The average Bonchev–Trinajstić information content (AvgIpc) is 2.75. The summed E-state index contributed by atoms with van der Waals surface area (Å²) < 4.78 is 10.9. The van der Waals surface area contributed by atoms with Gasteiger partial charge in [-0.3, -0.25) is 9.59 Å². The number of rotatable bonds is 11. The first-order valence-electron chi connectivity index (χ1n) is 9.29. The third-order valence-electron chi connectivity index (χ3n) is 3.63. The van der Waals surface area contributed by atoms with E-state index >= 15 is 0 Å². The van der Waals surface area contributed by atoms with Crippen LogP contribution in [0, 0.1) is 0 Å². The van der Waals surface area contributed by atoms with Crippen molar-refractivity contribution in [2.45, 2.75) is 13.3 Å². The third-order valence-corrected chi connectivity index (χ3v) is 3.63. The summed E-state index contributed by atoms with van der Waals surface area (Å²) in [7, 11) is 0. The minimum Gasteiger partial charge on any atom is -0.494 e. The second-order valence-electron chi connectivity index (χ2n) is 6.02. The SMILES string of the molecule is C=CCOc1cccc(/C=N\NC(=O)CNC(=O)c2ccc(OCCC)cc2)c1. The van der Waals surface area contributed by atoms with Crippen molar-refractivity contribution < 1.29 is 19.1 Å². The maximum atomic E-state index is 12.1. The van der Waals surface area contributed by atoms with Crippen LogP contribution in [0.1, 0.15) is 29.3 Å². The van der Waals surface area contributed by atoms with Gasteiger partial charge in [-0.25, -0.2) is 5.43 Å². The third kappa shape index (κ3) is 7.88. The quantitative estimate of drug-likeness (QED) is 0.348. The molecule has 2 aromatic rings. The molecule has 0 aliphatic heterocycles. The van der Waals surface area contributed by atoms with Gasteiger partial charge in [0.05, 0.1) is 19.4 Å². The summed E-state index contributed by atoms with van der Waals surface area (Å²) in [5.41, 5.74) is 3.58. The number of benzene rings is 2. The largest absolute Gasteiger partial charge is 0.494 e. The van der Waals surface area contributed by atoms with Crippen LogP contribution in [0.2, 0.25) is 0 Å². The van der Waals surface area contributed by atoms with Crippen molar-refractivity contribution in [2.75, 3.05) is 19.8 Å². The monoisotopic (exact) mass is 395 g/mol. The summed E-state index contributed by atoms with van der Waals surface area (Å²) in [5, 5.41) is 6.43. The molecule has 0 atom stereocenters. The predicted molar refractivity (Wildman–Crippen MR) is 112 cm³/mol. The molecular formula is C22H25N3O4. The molecule has 0 radical (unpaired) electrons. The molecule has 0 fully saturated rings. The zero-order valence-electron chi connectivity index (χ0n) is 16.4. The van der Waals surface area contributed by atoms with E-state index in [0.717, 1.165) is 12.0 Å². The molecule has 2 N–H and O–H groups in total. The van der Waals surface area contributed by atoms with Gasteiger partial charge in [0.2, 0.25) is 0 Å². The highest BCUT2D eigenvalue weighted by molar-refractivity contribution is 5.96. The van der Waals surface area contributed by atoms with Crippen LogP contribution in [0.15, 0.2) is 66.3 Å². The Morgan fingerprint density at radius 2 is 1.90 bits per heavy atom. The van der Waals surface area contributed by atoms with E-state index in [1.54, 1.807) is 36.4 Å². The van der Waals surface area contributed by atoms with Gasteiger partial charge in [0.1, 0.15) is 18.1 Å². The smallest absolute Gasteiger partial charge is 0.259 e. The normalized spacial score (nSPS) is 10.4. The minimum absolute atomic E-state index is 0.188. The molecule has 2 aromatic carbocycles. The first-order chi connectivity index (χ1) is 14.1. The second kappa shape index (κ2) is 12.0. The molecule has 0 aromatic heterocycles. The van der Waals surface area contributed by atoms with Gasteiger partial charge in [0.25, 0.3) is 11.8 Å². The van der Waals surface area contributed by atoms with Gasteiger partial charge in [0.15, 0.2) is 0 Å². The Kier molecular flexibility index (Phi) is 8.95. The van der Waals surface area contributed by atoms with E-state index in [0.29, 0.717) is 30.3 Å². The Hall–Kier alpha value is -3.61. The van der Waals surface area contributed by atoms with Crippen LogP contribution in [0.4, 0.5) is 0 Å². The summed E-state index contributed by atoms with van der Waals surface area (Å²) in [5.74, 6) is 0.600. The molecule has 0 bridgehead atoms. The average molecular weight is 395 g/mol. The number of ether oxygens (including phenoxy) is 2. The lowest BCUT2D eigenvalue weighted by molar-refractivity contribution is -0.120. The molecule has 2 amide bonds. The molecule has 0 heterocycles. The number of amides is 2. The molecule has 7 nitrogen and oxygen atoms in total. The molecule has 0 saturated carbocycles.